The summed E-state index contributed by atoms with van der Waals surface area (Å²) in [6.07, 6.45) is 0.453. The second-order valence-corrected chi connectivity index (χ2v) is 16.3. The average molecular weight is 702 g/mol. The molecule has 1 aromatic carbocycles. The highest BCUT2D eigenvalue weighted by molar-refractivity contribution is 7.89. The number of benzene rings is 1. The molecule has 48 heavy (non-hydrogen) atoms. The molecule has 0 aliphatic carbocycles. The number of fused-ring (bicyclic) bond motifs is 3. The van der Waals surface area contributed by atoms with E-state index in [9.17, 15) is 22.8 Å². The third kappa shape index (κ3) is 7.56. The largest absolute Gasteiger partial charge is 0.481 e. The molecule has 0 radical (unpaired) electrons. The number of esters is 1. The lowest BCUT2D eigenvalue weighted by molar-refractivity contribution is -0.154. The molecule has 260 valence electrons. The van der Waals surface area contributed by atoms with Crippen molar-refractivity contribution in [2.75, 3.05) is 70.7 Å². The zero-order chi connectivity index (χ0) is 35.0. The van der Waals surface area contributed by atoms with Crippen LogP contribution in [0.15, 0.2) is 35.2 Å². The highest BCUT2D eigenvalue weighted by Crippen LogP contribution is 2.47. The van der Waals surface area contributed by atoms with E-state index in [0.717, 1.165) is 0 Å². The number of sulfonamides is 1. The van der Waals surface area contributed by atoms with Gasteiger partial charge in [-0.2, -0.15) is 4.31 Å². The van der Waals surface area contributed by atoms with Crippen molar-refractivity contribution in [3.05, 3.63) is 35.9 Å². The quantitative estimate of drug-likeness (QED) is 0.311. The van der Waals surface area contributed by atoms with E-state index in [1.54, 1.807) is 54.8 Å². The van der Waals surface area contributed by atoms with Crippen LogP contribution < -0.4 is 15.0 Å². The Hall–Kier alpha value is -3.86. The molecule has 1 saturated heterocycles. The number of amides is 3. The molecular formula is C32H43N7O7S2. The molecule has 3 aromatic rings. The third-order valence-electron chi connectivity index (χ3n) is 8.41. The molecule has 0 saturated carbocycles. The summed E-state index contributed by atoms with van der Waals surface area (Å²) < 4.78 is 40.3. The molecular weight excluding hydrogens is 659 g/mol. The van der Waals surface area contributed by atoms with Gasteiger partial charge in [0.05, 0.1) is 18.4 Å². The maximum Gasteiger partial charge on any atom is 0.328 e. The van der Waals surface area contributed by atoms with Crippen LogP contribution in [-0.4, -0.2) is 116 Å². The number of aromatic nitrogens is 2. The van der Waals surface area contributed by atoms with E-state index in [-0.39, 0.29) is 36.9 Å². The first-order valence-corrected chi connectivity index (χ1v) is 17.9. The molecule has 1 N–H and O–H groups in total. The number of nitrogens with zero attached hydrogens (tertiary/aromatic N) is 6. The topological polar surface area (TPSA) is 155 Å². The maximum absolute atomic E-state index is 14.2. The molecule has 5 rings (SSSR count). The van der Waals surface area contributed by atoms with Crippen molar-refractivity contribution in [3.63, 3.8) is 0 Å². The van der Waals surface area contributed by atoms with Crippen molar-refractivity contribution in [1.82, 2.24) is 24.1 Å². The van der Waals surface area contributed by atoms with Gasteiger partial charge in [-0.15, -0.1) is 0 Å². The van der Waals surface area contributed by atoms with E-state index >= 15 is 0 Å². The Kier molecular flexibility index (Phi) is 10.0. The molecule has 2 aliphatic rings. The molecule has 2 aliphatic heterocycles. The van der Waals surface area contributed by atoms with Crippen molar-refractivity contribution in [2.45, 2.75) is 56.4 Å². The van der Waals surface area contributed by atoms with Gasteiger partial charge in [0, 0.05) is 63.4 Å². The molecule has 1 fully saturated rings. The molecule has 3 amide bonds. The Balaban J connectivity index is 1.46. The van der Waals surface area contributed by atoms with Gasteiger partial charge in [0.15, 0.2) is 5.13 Å². The van der Waals surface area contributed by atoms with Crippen molar-refractivity contribution in [2.24, 2.45) is 0 Å². The molecule has 14 nitrogen and oxygen atoms in total. The minimum Gasteiger partial charge on any atom is -0.481 e. The van der Waals surface area contributed by atoms with E-state index in [1.807, 2.05) is 19.0 Å². The molecule has 4 heterocycles. The summed E-state index contributed by atoms with van der Waals surface area (Å²) in [6.45, 7) is 8.42. The predicted molar refractivity (Wildman–Crippen MR) is 183 cm³/mol. The number of methoxy groups -OCH3 is 1. The highest BCUT2D eigenvalue weighted by atomic mass is 32.2. The number of anilines is 2. The number of carbonyl (C=O) groups excluding carboxylic acids is 3. The fraction of sp³-hybridized carbons (Fsp3) is 0.531. The molecule has 1 atom stereocenters. The van der Waals surface area contributed by atoms with Crippen molar-refractivity contribution < 1.29 is 32.3 Å². The average Bonchev–Trinajstić information content (AvgIpc) is 3.71. The number of pyridine rings is 1. The summed E-state index contributed by atoms with van der Waals surface area (Å²) in [5, 5.41) is 3.24. The summed E-state index contributed by atoms with van der Waals surface area (Å²) in [6, 6.07) is 7.80. The lowest BCUT2D eigenvalue weighted by Crippen LogP contribution is -2.41. The minimum atomic E-state index is -4.07. The molecule has 0 bridgehead atoms. The number of hydrogen-bond acceptors (Lipinski definition) is 11. The van der Waals surface area contributed by atoms with Gasteiger partial charge in [-0.25, -0.2) is 23.2 Å². The molecule has 1 spiro atoms. The van der Waals surface area contributed by atoms with Crippen LogP contribution in [0.5, 0.6) is 5.88 Å². The smallest absolute Gasteiger partial charge is 0.328 e. The van der Waals surface area contributed by atoms with Crippen LogP contribution in [-0.2, 0) is 29.8 Å². The normalized spacial score (nSPS) is 17.9. The summed E-state index contributed by atoms with van der Waals surface area (Å²) in [4.78, 5) is 53.5. The van der Waals surface area contributed by atoms with E-state index in [2.05, 4.69) is 15.3 Å². The van der Waals surface area contributed by atoms with E-state index < -0.39 is 33.0 Å². The molecule has 2 aromatic heterocycles. The second-order valence-electron chi connectivity index (χ2n) is 13.4. The summed E-state index contributed by atoms with van der Waals surface area (Å²) in [7, 11) is 1.15. The van der Waals surface area contributed by atoms with Crippen molar-refractivity contribution in [1.29, 1.82) is 0 Å². The molecule has 16 heteroatoms. The molecule has 1 unspecified atom stereocenters. The first kappa shape index (κ1) is 35.4. The SMILES string of the molecule is COc1ccc2nc(NC(=O)N3CC4(CCN(C(C)=O)C4)c4cc(S(=O)(=O)N(CCC(=O)OC(C)(C)C)CCN(C)C)ccc43)sc2n1. The van der Waals surface area contributed by atoms with Crippen LogP contribution in [0.3, 0.4) is 0 Å². The Bertz CT molecular complexity index is 1820. The Morgan fingerprint density at radius 1 is 1.06 bits per heavy atom. The van der Waals surface area contributed by atoms with Crippen LogP contribution in [0, 0.1) is 0 Å². The van der Waals surface area contributed by atoms with Gasteiger partial charge in [-0.3, -0.25) is 19.8 Å². The zero-order valence-electron chi connectivity index (χ0n) is 28.4. The fourth-order valence-electron chi connectivity index (χ4n) is 6.03. The first-order valence-electron chi connectivity index (χ1n) is 15.7. The minimum absolute atomic E-state index is 0.0527. The first-order chi connectivity index (χ1) is 22.5. The van der Waals surface area contributed by atoms with Gasteiger partial charge in [-0.1, -0.05) is 11.3 Å². The number of thiazole rings is 1. The summed E-state index contributed by atoms with van der Waals surface area (Å²) in [5.41, 5.74) is 0.493. The number of likely N-dealkylation sites (tertiary alicyclic amines) is 1. The number of likely N-dealkylation sites (N-methyl/N-ethyl adjacent to an activating group) is 1. The van der Waals surface area contributed by atoms with Gasteiger partial charge < -0.3 is 19.3 Å². The van der Waals surface area contributed by atoms with E-state index in [1.165, 1.54) is 35.7 Å². The Labute approximate surface area is 285 Å². The van der Waals surface area contributed by atoms with Crippen LogP contribution in [0.2, 0.25) is 0 Å². The Morgan fingerprint density at radius 3 is 2.46 bits per heavy atom. The van der Waals surface area contributed by atoms with E-state index in [0.29, 0.717) is 58.7 Å². The van der Waals surface area contributed by atoms with Crippen LogP contribution in [0.4, 0.5) is 15.6 Å². The monoisotopic (exact) mass is 701 g/mol. The van der Waals surface area contributed by atoms with Crippen molar-refractivity contribution in [3.8, 4) is 5.88 Å². The van der Waals surface area contributed by atoms with Crippen LogP contribution >= 0.6 is 11.3 Å². The summed E-state index contributed by atoms with van der Waals surface area (Å²) in [5.74, 6) is -0.137. The number of rotatable bonds is 10. The lowest BCUT2D eigenvalue weighted by Gasteiger charge is -2.27. The van der Waals surface area contributed by atoms with Crippen LogP contribution in [0.25, 0.3) is 10.3 Å². The third-order valence-corrected chi connectivity index (χ3v) is 11.2. The van der Waals surface area contributed by atoms with Gasteiger partial charge in [0.25, 0.3) is 0 Å². The van der Waals surface area contributed by atoms with Gasteiger partial charge in [0.1, 0.15) is 15.9 Å². The Morgan fingerprint density at radius 2 is 1.81 bits per heavy atom. The zero-order valence-corrected chi connectivity index (χ0v) is 30.0. The number of urea groups is 1. The highest BCUT2D eigenvalue weighted by Gasteiger charge is 2.50. The fourth-order valence-corrected chi connectivity index (χ4v) is 8.31. The standard InChI is InChI=1S/C32H43N7O7S2/c1-21(40)37-15-13-32(19-37)20-39(30(42)35-29-33-24-9-11-26(45-7)34-28(24)47-29)25-10-8-22(18-23(25)32)48(43,44)38(17-16-36(5)6)14-12-27(41)46-31(2,3)4/h8-11,18H,12-17,19-20H2,1-7H3,(H,33,35,42). The number of carbonyl (C=O) groups is 3. The summed E-state index contributed by atoms with van der Waals surface area (Å²) >= 11 is 1.21. The van der Waals surface area contributed by atoms with Gasteiger partial charge in [-0.05, 0) is 71.1 Å². The second kappa shape index (κ2) is 13.6. The van der Waals surface area contributed by atoms with Crippen molar-refractivity contribution >= 4 is 60.4 Å². The number of hydrogen-bond donors (Lipinski definition) is 1. The van der Waals surface area contributed by atoms with Gasteiger partial charge >= 0.3 is 12.0 Å². The predicted octanol–water partition coefficient (Wildman–Crippen LogP) is 3.53. The maximum atomic E-state index is 14.2. The number of nitrogens with one attached hydrogen (secondary N) is 1. The number of ether oxygens (including phenoxy) is 2. The van der Waals surface area contributed by atoms with E-state index in [4.69, 9.17) is 9.47 Å². The lowest BCUT2D eigenvalue weighted by atomic mass is 9.81. The van der Waals surface area contributed by atoms with Crippen LogP contribution in [0.1, 0.15) is 46.1 Å². The van der Waals surface area contributed by atoms with Gasteiger partial charge in [0.2, 0.25) is 21.8 Å².